The normalized spacial score (nSPS) is 40.1. The number of rotatable bonds is 10. The first-order valence-corrected chi connectivity index (χ1v) is 15.0. The molecule has 14 atom stereocenters. The maximum absolute atomic E-state index is 12.5. The highest BCUT2D eigenvalue weighted by Gasteiger charge is 2.52. The van der Waals surface area contributed by atoms with Gasteiger partial charge >= 0.3 is 5.97 Å². The highest BCUT2D eigenvalue weighted by atomic mass is 16.8. The predicted octanol–water partition coefficient (Wildman–Crippen LogP) is -1.97. The number of aliphatic hydroxyl groups is 7. The zero-order valence-electron chi connectivity index (χ0n) is 25.5. The van der Waals surface area contributed by atoms with Gasteiger partial charge in [0, 0.05) is 12.0 Å². The van der Waals surface area contributed by atoms with Gasteiger partial charge in [0.2, 0.25) is 6.29 Å². The lowest BCUT2D eigenvalue weighted by molar-refractivity contribution is -0.341. The second kappa shape index (κ2) is 15.0. The van der Waals surface area contributed by atoms with Crippen molar-refractivity contribution in [3.63, 3.8) is 0 Å². The lowest BCUT2D eigenvalue weighted by Crippen LogP contribution is -2.60. The summed E-state index contributed by atoms with van der Waals surface area (Å²) < 4.78 is 39.1. The number of aromatic hydroxyl groups is 1. The van der Waals surface area contributed by atoms with Gasteiger partial charge in [0.05, 0.1) is 44.7 Å². The Kier molecular flexibility index (Phi) is 11.2. The zero-order chi connectivity index (χ0) is 34.0. The van der Waals surface area contributed by atoms with Crippen LogP contribution in [0.3, 0.4) is 0 Å². The fraction of sp³-hybridized carbons (Fsp3) is 0.581. The Hall–Kier alpha value is -3.13. The van der Waals surface area contributed by atoms with E-state index in [4.69, 9.17) is 33.2 Å². The monoisotopic (exact) mass is 668 g/mol. The van der Waals surface area contributed by atoms with Crippen LogP contribution in [-0.2, 0) is 33.2 Å². The summed E-state index contributed by atoms with van der Waals surface area (Å²) in [6.45, 7) is 0.432. The number of carbonyl (C=O) groups excluding carboxylic acids is 1. The second-order valence-electron chi connectivity index (χ2n) is 11.6. The van der Waals surface area contributed by atoms with E-state index in [1.807, 2.05) is 0 Å². The number of esters is 1. The summed E-state index contributed by atoms with van der Waals surface area (Å²) in [6, 6.07) is 4.51. The maximum Gasteiger partial charge on any atom is 0.331 e. The van der Waals surface area contributed by atoms with E-state index in [0.29, 0.717) is 11.1 Å². The summed E-state index contributed by atoms with van der Waals surface area (Å²) in [6.07, 6.45) is -9.44. The summed E-state index contributed by atoms with van der Waals surface area (Å²) in [4.78, 5) is 12.5. The minimum absolute atomic E-state index is 0.121. The molecule has 260 valence electrons. The van der Waals surface area contributed by atoms with E-state index in [9.17, 15) is 45.6 Å². The van der Waals surface area contributed by atoms with Crippen molar-refractivity contribution < 1.29 is 78.8 Å². The number of hydrogen-bond acceptors (Lipinski definition) is 16. The van der Waals surface area contributed by atoms with E-state index in [-0.39, 0.29) is 11.5 Å². The lowest BCUT2D eigenvalue weighted by atomic mass is 9.88. The van der Waals surface area contributed by atoms with Gasteiger partial charge in [0.25, 0.3) is 0 Å². The molecular weight excluding hydrogens is 628 g/mol. The summed E-state index contributed by atoms with van der Waals surface area (Å²) in [5.74, 6) is -1.94. The van der Waals surface area contributed by atoms with Crippen molar-refractivity contribution in [1.82, 2.24) is 0 Å². The third-order valence-corrected chi connectivity index (χ3v) is 8.64. The van der Waals surface area contributed by atoms with Crippen molar-refractivity contribution in [3.8, 4) is 11.5 Å². The highest BCUT2D eigenvalue weighted by molar-refractivity contribution is 5.87. The van der Waals surface area contributed by atoms with Crippen LogP contribution in [0.25, 0.3) is 6.08 Å². The van der Waals surface area contributed by atoms with Gasteiger partial charge in [0.15, 0.2) is 30.2 Å². The van der Waals surface area contributed by atoms with Crippen LogP contribution in [-0.4, -0.2) is 141 Å². The van der Waals surface area contributed by atoms with Crippen molar-refractivity contribution in [2.45, 2.75) is 80.7 Å². The van der Waals surface area contributed by atoms with E-state index in [0.717, 1.165) is 6.08 Å². The molecule has 2 saturated heterocycles. The van der Waals surface area contributed by atoms with E-state index in [2.05, 4.69) is 0 Å². The Labute approximate surface area is 269 Å². The fourth-order valence-corrected chi connectivity index (χ4v) is 6.07. The fourth-order valence-electron chi connectivity index (χ4n) is 6.07. The molecule has 1 aromatic rings. The Morgan fingerprint density at radius 1 is 0.936 bits per heavy atom. The van der Waals surface area contributed by atoms with Crippen LogP contribution in [0.5, 0.6) is 11.5 Å². The van der Waals surface area contributed by atoms with Crippen molar-refractivity contribution in [2.75, 3.05) is 20.3 Å². The average Bonchev–Trinajstić information content (AvgIpc) is 3.43. The van der Waals surface area contributed by atoms with Gasteiger partial charge in [0.1, 0.15) is 36.6 Å². The number of carbonyl (C=O) groups is 1. The van der Waals surface area contributed by atoms with Gasteiger partial charge in [-0.1, -0.05) is 12.1 Å². The van der Waals surface area contributed by atoms with E-state index in [1.54, 1.807) is 18.2 Å². The molecule has 2 fully saturated rings. The minimum Gasteiger partial charge on any atom is -0.504 e. The van der Waals surface area contributed by atoms with Crippen molar-refractivity contribution in [1.29, 1.82) is 0 Å². The number of fused-ring (bicyclic) bond motifs is 1. The smallest absolute Gasteiger partial charge is 0.331 e. The van der Waals surface area contributed by atoms with Crippen LogP contribution in [0.2, 0.25) is 0 Å². The first kappa shape index (κ1) is 35.2. The Bertz CT molecular complexity index is 1330. The first-order valence-electron chi connectivity index (χ1n) is 15.0. The van der Waals surface area contributed by atoms with Crippen LogP contribution in [0.4, 0.5) is 0 Å². The molecule has 0 amide bonds. The van der Waals surface area contributed by atoms with Gasteiger partial charge in [-0.25, -0.2) is 4.79 Å². The molecule has 16 nitrogen and oxygen atoms in total. The van der Waals surface area contributed by atoms with Crippen molar-refractivity contribution >= 4 is 12.0 Å². The number of benzene rings is 1. The molecule has 0 spiro atoms. The first-order chi connectivity index (χ1) is 22.5. The molecular formula is C31H40O16. The molecule has 4 aliphatic rings. The number of methoxy groups -OCH3 is 1. The van der Waals surface area contributed by atoms with E-state index >= 15 is 0 Å². The molecule has 0 saturated carbocycles. The van der Waals surface area contributed by atoms with Gasteiger partial charge in [-0.15, -0.1) is 0 Å². The molecule has 5 rings (SSSR count). The number of hydrogen-bond donors (Lipinski definition) is 8. The van der Waals surface area contributed by atoms with Gasteiger partial charge in [-0.2, -0.15) is 0 Å². The van der Waals surface area contributed by atoms with Crippen LogP contribution in [0.15, 0.2) is 48.3 Å². The largest absolute Gasteiger partial charge is 0.504 e. The molecule has 16 heteroatoms. The number of phenolic OH excluding ortho intramolecular Hbond substituents is 1. The SMILES string of the molecule is COc1ccc(/C=C/C(=O)O[C@@H]2[C@@H](O)[C@@H](O)[C@H](O[C@@H]3C=C(CO)[C@H]4[C@H](O[C@@H]5O[C@H](CO)[C@@H](O)[C@H](O)[C@H]5O)OC=C[C@H]43)O[C@H]2C)cc1O. The summed E-state index contributed by atoms with van der Waals surface area (Å²) in [7, 11) is 1.40. The van der Waals surface area contributed by atoms with E-state index in [1.165, 1.54) is 38.5 Å². The van der Waals surface area contributed by atoms with Gasteiger partial charge in [-0.05, 0) is 42.3 Å². The summed E-state index contributed by atoms with van der Waals surface area (Å²) in [5.41, 5.74) is 0.900. The van der Waals surface area contributed by atoms with E-state index < -0.39 is 105 Å². The lowest BCUT2D eigenvalue weighted by Gasteiger charge is -2.43. The van der Waals surface area contributed by atoms with Crippen LogP contribution in [0, 0.1) is 11.8 Å². The summed E-state index contributed by atoms with van der Waals surface area (Å²) >= 11 is 0. The quantitative estimate of drug-likeness (QED) is 0.0766. The molecule has 1 aromatic carbocycles. The molecule has 3 aliphatic heterocycles. The van der Waals surface area contributed by atoms with Crippen LogP contribution < -0.4 is 4.74 Å². The topological polar surface area (TPSA) is 244 Å². The molecule has 47 heavy (non-hydrogen) atoms. The zero-order valence-corrected chi connectivity index (χ0v) is 25.5. The van der Waals surface area contributed by atoms with Gasteiger partial charge in [-0.3, -0.25) is 0 Å². The predicted molar refractivity (Wildman–Crippen MR) is 156 cm³/mol. The number of phenols is 1. The number of aliphatic hydroxyl groups excluding tert-OH is 7. The highest BCUT2D eigenvalue weighted by Crippen LogP contribution is 2.43. The maximum atomic E-state index is 12.5. The van der Waals surface area contributed by atoms with Crippen LogP contribution in [0.1, 0.15) is 12.5 Å². The molecule has 1 aliphatic carbocycles. The third-order valence-electron chi connectivity index (χ3n) is 8.64. The molecule has 0 aromatic heterocycles. The third kappa shape index (κ3) is 7.33. The van der Waals surface area contributed by atoms with Crippen LogP contribution >= 0.6 is 0 Å². The van der Waals surface area contributed by atoms with Crippen molar-refractivity contribution in [3.05, 3.63) is 53.8 Å². The molecule has 0 radical (unpaired) electrons. The molecule has 8 N–H and O–H groups in total. The standard InChI is InChI=1S/C31H40O16/c1-13-28(46-21(35)6-4-14-3-5-18(41-2)17(34)9-14)25(38)27(40)30(43-13)44-19-10-15(11-32)22-16(19)7-8-42-29(22)47-31-26(39)24(37)23(36)20(12-33)45-31/h3-10,13,16,19-20,22-34,36-40H,11-12H2,1-2H3/b6-4+/t13-,16-,19+,20+,22+,23+,24-,25-,26+,27+,28-,29-,30-,31-/m0/s1. The van der Waals surface area contributed by atoms with Gasteiger partial charge < -0.3 is 74.0 Å². The second-order valence-corrected chi connectivity index (χ2v) is 11.6. The van der Waals surface area contributed by atoms with Crippen molar-refractivity contribution in [2.24, 2.45) is 11.8 Å². The molecule has 0 unspecified atom stereocenters. The number of ether oxygens (including phenoxy) is 7. The molecule has 0 bridgehead atoms. The molecule has 3 heterocycles. The Morgan fingerprint density at radius 2 is 1.66 bits per heavy atom. The minimum atomic E-state index is -1.68. The summed E-state index contributed by atoms with van der Waals surface area (Å²) in [5, 5.41) is 82.0. The Balaban J connectivity index is 1.21. The average molecular weight is 669 g/mol. The Morgan fingerprint density at radius 3 is 2.34 bits per heavy atom.